The Kier molecular flexibility index (Phi) is 5.98. The van der Waals surface area contributed by atoms with Crippen molar-refractivity contribution >= 4 is 11.9 Å². The third-order valence-corrected chi connectivity index (χ3v) is 4.28. The fourth-order valence-corrected chi connectivity index (χ4v) is 2.89. The largest absolute Gasteiger partial charge is 0.486 e. The highest BCUT2D eigenvalue weighted by atomic mass is 16.6. The van der Waals surface area contributed by atoms with Crippen LogP contribution in [0.3, 0.4) is 0 Å². The summed E-state index contributed by atoms with van der Waals surface area (Å²) in [6.45, 7) is 4.44. The standard InChI is InChI=1S/C20H22N2O6/c1-12(2)18(13-5-6-15-16(10-13)27-9-8-26-15)22-17(23)11-28-20(25)14-4-3-7-21-19(14)24/h3-7,10,12,18H,8-9,11H2,1-2H3,(H,21,24)(H,22,23)/t18-/m0/s1. The van der Waals surface area contributed by atoms with Crippen LogP contribution in [0.4, 0.5) is 0 Å². The van der Waals surface area contributed by atoms with Gasteiger partial charge in [-0.1, -0.05) is 19.9 Å². The molecule has 1 atom stereocenters. The van der Waals surface area contributed by atoms with Crippen LogP contribution in [0.1, 0.15) is 35.8 Å². The fourth-order valence-electron chi connectivity index (χ4n) is 2.89. The normalized spacial score (nSPS) is 13.7. The molecular formula is C20H22N2O6. The van der Waals surface area contributed by atoms with E-state index in [1.54, 1.807) is 0 Å². The lowest BCUT2D eigenvalue weighted by Crippen LogP contribution is -2.35. The van der Waals surface area contributed by atoms with Gasteiger partial charge in [0.1, 0.15) is 18.8 Å². The lowest BCUT2D eigenvalue weighted by molar-refractivity contribution is -0.125. The summed E-state index contributed by atoms with van der Waals surface area (Å²) < 4.78 is 16.1. The van der Waals surface area contributed by atoms with E-state index in [1.807, 2.05) is 32.0 Å². The number of rotatable bonds is 6. The summed E-state index contributed by atoms with van der Waals surface area (Å²) in [7, 11) is 0. The summed E-state index contributed by atoms with van der Waals surface area (Å²) in [4.78, 5) is 38.3. The fraction of sp³-hybridized carbons (Fsp3) is 0.350. The SMILES string of the molecule is CC(C)[C@H](NC(=O)COC(=O)c1ccc[nH]c1=O)c1ccc2c(c1)OCCO2. The van der Waals surface area contributed by atoms with Crippen molar-refractivity contribution in [2.45, 2.75) is 19.9 Å². The third kappa shape index (κ3) is 4.51. The number of ether oxygens (including phenoxy) is 3. The van der Waals surface area contributed by atoms with Gasteiger partial charge in [-0.3, -0.25) is 9.59 Å². The third-order valence-electron chi connectivity index (χ3n) is 4.28. The summed E-state index contributed by atoms with van der Waals surface area (Å²) in [5, 5.41) is 2.86. The van der Waals surface area contributed by atoms with Gasteiger partial charge < -0.3 is 24.5 Å². The van der Waals surface area contributed by atoms with Crippen molar-refractivity contribution in [3.8, 4) is 11.5 Å². The molecule has 0 aliphatic carbocycles. The number of H-pyrrole nitrogens is 1. The lowest BCUT2D eigenvalue weighted by Gasteiger charge is -2.25. The molecule has 148 valence electrons. The molecular weight excluding hydrogens is 364 g/mol. The molecule has 2 aromatic rings. The van der Waals surface area contributed by atoms with Crippen molar-refractivity contribution in [3.63, 3.8) is 0 Å². The van der Waals surface area contributed by atoms with E-state index >= 15 is 0 Å². The van der Waals surface area contributed by atoms with Crippen LogP contribution in [0.5, 0.6) is 11.5 Å². The number of carbonyl (C=O) groups is 2. The minimum atomic E-state index is -0.850. The van der Waals surface area contributed by atoms with Gasteiger partial charge in [0.15, 0.2) is 18.1 Å². The van der Waals surface area contributed by atoms with E-state index in [2.05, 4.69) is 10.3 Å². The Hall–Kier alpha value is -3.29. The van der Waals surface area contributed by atoms with Gasteiger partial charge in [0, 0.05) is 6.20 Å². The number of fused-ring (bicyclic) bond motifs is 1. The maximum Gasteiger partial charge on any atom is 0.344 e. The smallest absolute Gasteiger partial charge is 0.344 e. The number of aromatic nitrogens is 1. The Morgan fingerprint density at radius 2 is 1.93 bits per heavy atom. The number of benzene rings is 1. The number of hydrogen-bond acceptors (Lipinski definition) is 6. The van der Waals surface area contributed by atoms with Crippen LogP contribution in [0.15, 0.2) is 41.3 Å². The Balaban J connectivity index is 1.64. The Morgan fingerprint density at radius 3 is 2.64 bits per heavy atom. The molecule has 0 saturated carbocycles. The van der Waals surface area contributed by atoms with Crippen molar-refractivity contribution in [2.24, 2.45) is 5.92 Å². The summed E-state index contributed by atoms with van der Waals surface area (Å²) in [6, 6.07) is 8.07. The number of pyridine rings is 1. The number of esters is 1. The topological polar surface area (TPSA) is 107 Å². The van der Waals surface area contributed by atoms with E-state index < -0.39 is 24.0 Å². The van der Waals surface area contributed by atoms with Gasteiger partial charge in [0.2, 0.25) is 0 Å². The van der Waals surface area contributed by atoms with Crippen LogP contribution in [0, 0.1) is 5.92 Å². The summed E-state index contributed by atoms with van der Waals surface area (Å²) >= 11 is 0. The summed E-state index contributed by atoms with van der Waals surface area (Å²) in [5.74, 6) is 0.0788. The maximum absolute atomic E-state index is 12.3. The Labute approximate surface area is 161 Å². The number of nitrogens with one attached hydrogen (secondary N) is 2. The molecule has 8 nitrogen and oxygen atoms in total. The Bertz CT molecular complexity index is 921. The quantitative estimate of drug-likeness (QED) is 0.734. The minimum absolute atomic E-state index is 0.0826. The first kappa shape index (κ1) is 19.5. The molecule has 1 aromatic heterocycles. The first-order valence-electron chi connectivity index (χ1n) is 8.99. The van der Waals surface area contributed by atoms with E-state index in [0.29, 0.717) is 24.7 Å². The number of amides is 1. The molecule has 1 aromatic carbocycles. The van der Waals surface area contributed by atoms with Gasteiger partial charge in [-0.2, -0.15) is 0 Å². The molecule has 1 amide bonds. The van der Waals surface area contributed by atoms with Gasteiger partial charge in [-0.25, -0.2) is 4.79 Å². The van der Waals surface area contributed by atoms with Crippen LogP contribution >= 0.6 is 0 Å². The van der Waals surface area contributed by atoms with Crippen molar-refractivity contribution in [2.75, 3.05) is 19.8 Å². The van der Waals surface area contributed by atoms with E-state index in [9.17, 15) is 14.4 Å². The van der Waals surface area contributed by atoms with Crippen LogP contribution in [0.2, 0.25) is 0 Å². The highest BCUT2D eigenvalue weighted by molar-refractivity contribution is 5.90. The van der Waals surface area contributed by atoms with Crippen LogP contribution in [-0.2, 0) is 9.53 Å². The predicted molar refractivity (Wildman–Crippen MR) is 100 cm³/mol. The second-order valence-corrected chi connectivity index (χ2v) is 6.68. The number of aromatic amines is 1. The van der Waals surface area contributed by atoms with Crippen molar-refractivity contribution in [1.82, 2.24) is 10.3 Å². The van der Waals surface area contributed by atoms with Crippen molar-refractivity contribution in [3.05, 3.63) is 58.0 Å². The molecule has 0 radical (unpaired) electrons. The Morgan fingerprint density at radius 1 is 1.18 bits per heavy atom. The van der Waals surface area contributed by atoms with E-state index in [0.717, 1.165) is 5.56 Å². The zero-order chi connectivity index (χ0) is 20.1. The molecule has 1 aliphatic heterocycles. The van der Waals surface area contributed by atoms with Gasteiger partial charge in [0.05, 0.1) is 6.04 Å². The second-order valence-electron chi connectivity index (χ2n) is 6.68. The zero-order valence-electron chi connectivity index (χ0n) is 15.7. The molecule has 0 fully saturated rings. The highest BCUT2D eigenvalue weighted by Crippen LogP contribution is 2.34. The number of hydrogen-bond donors (Lipinski definition) is 2. The zero-order valence-corrected chi connectivity index (χ0v) is 15.7. The summed E-state index contributed by atoms with van der Waals surface area (Å²) in [6.07, 6.45) is 1.41. The molecule has 28 heavy (non-hydrogen) atoms. The summed E-state index contributed by atoms with van der Waals surface area (Å²) in [5.41, 5.74) is 0.144. The molecule has 1 aliphatic rings. The van der Waals surface area contributed by atoms with Gasteiger partial charge >= 0.3 is 5.97 Å². The van der Waals surface area contributed by atoms with E-state index in [-0.39, 0.29) is 17.5 Å². The lowest BCUT2D eigenvalue weighted by atomic mass is 9.95. The first-order valence-corrected chi connectivity index (χ1v) is 8.99. The van der Waals surface area contributed by atoms with Gasteiger partial charge in [0.25, 0.3) is 11.5 Å². The van der Waals surface area contributed by atoms with Crippen LogP contribution in [0.25, 0.3) is 0 Å². The highest BCUT2D eigenvalue weighted by Gasteiger charge is 2.22. The predicted octanol–water partition coefficient (Wildman–Crippen LogP) is 1.82. The molecule has 2 heterocycles. The molecule has 2 N–H and O–H groups in total. The second kappa shape index (κ2) is 8.60. The molecule has 8 heteroatoms. The number of carbonyl (C=O) groups excluding carboxylic acids is 2. The van der Waals surface area contributed by atoms with Crippen LogP contribution in [-0.4, -0.2) is 36.7 Å². The first-order chi connectivity index (χ1) is 13.5. The van der Waals surface area contributed by atoms with Crippen molar-refractivity contribution < 1.29 is 23.8 Å². The van der Waals surface area contributed by atoms with E-state index in [4.69, 9.17) is 14.2 Å². The molecule has 0 saturated heterocycles. The van der Waals surface area contributed by atoms with E-state index in [1.165, 1.54) is 18.3 Å². The average molecular weight is 386 g/mol. The maximum atomic E-state index is 12.3. The molecule has 0 bridgehead atoms. The van der Waals surface area contributed by atoms with Gasteiger partial charge in [-0.05, 0) is 35.7 Å². The van der Waals surface area contributed by atoms with Crippen LogP contribution < -0.4 is 20.3 Å². The molecule has 0 unspecified atom stereocenters. The van der Waals surface area contributed by atoms with Crippen molar-refractivity contribution in [1.29, 1.82) is 0 Å². The van der Waals surface area contributed by atoms with Gasteiger partial charge in [-0.15, -0.1) is 0 Å². The minimum Gasteiger partial charge on any atom is -0.486 e. The average Bonchev–Trinajstić information content (AvgIpc) is 2.70. The monoisotopic (exact) mass is 386 g/mol. The molecule has 0 spiro atoms. The molecule has 3 rings (SSSR count).